The summed E-state index contributed by atoms with van der Waals surface area (Å²) in [6.45, 7) is 3.92. The molecule has 1 saturated carbocycles. The summed E-state index contributed by atoms with van der Waals surface area (Å²) >= 11 is 1.70. The Morgan fingerprint density at radius 2 is 1.81 bits per heavy atom. The van der Waals surface area contributed by atoms with Crippen molar-refractivity contribution in [3.63, 3.8) is 0 Å². The van der Waals surface area contributed by atoms with E-state index in [1.165, 1.54) is 4.90 Å². The number of amides is 4. The maximum atomic E-state index is 12.9. The third-order valence-electron chi connectivity index (χ3n) is 4.46. The normalized spacial score (nSPS) is 23.9. The summed E-state index contributed by atoms with van der Waals surface area (Å²) in [6.07, 6.45) is 4.98. The van der Waals surface area contributed by atoms with Crippen LogP contribution in [0.1, 0.15) is 52.4 Å². The van der Waals surface area contributed by atoms with E-state index in [0.717, 1.165) is 31.4 Å². The van der Waals surface area contributed by atoms with Gasteiger partial charge in [0.2, 0.25) is 11.8 Å². The molecule has 0 aromatic carbocycles. The van der Waals surface area contributed by atoms with Crippen molar-refractivity contribution in [2.75, 3.05) is 11.5 Å². The van der Waals surface area contributed by atoms with Gasteiger partial charge in [0, 0.05) is 11.8 Å². The third kappa shape index (κ3) is 3.10. The molecule has 6 heteroatoms. The van der Waals surface area contributed by atoms with Crippen molar-refractivity contribution in [2.24, 2.45) is 5.41 Å². The molecule has 0 aromatic rings. The zero-order chi connectivity index (χ0) is 15.5. The molecule has 2 rings (SSSR count). The molecule has 1 N–H and O–H groups in total. The first-order chi connectivity index (χ1) is 10.0. The highest BCUT2D eigenvalue weighted by atomic mass is 32.2. The van der Waals surface area contributed by atoms with E-state index in [1.54, 1.807) is 11.8 Å². The zero-order valence-electron chi connectivity index (χ0n) is 12.8. The van der Waals surface area contributed by atoms with Crippen molar-refractivity contribution in [3.05, 3.63) is 0 Å². The highest BCUT2D eigenvalue weighted by Gasteiger charge is 2.54. The Balaban J connectivity index is 2.24. The summed E-state index contributed by atoms with van der Waals surface area (Å²) in [5, 5.41) is 2.42. The first kappa shape index (κ1) is 16.3. The number of urea groups is 1. The van der Waals surface area contributed by atoms with Crippen molar-refractivity contribution in [1.29, 1.82) is 0 Å². The molecule has 1 spiro atoms. The third-order valence-corrected chi connectivity index (χ3v) is 5.59. The molecular weight excluding hydrogens is 288 g/mol. The maximum Gasteiger partial charge on any atom is 0.331 e. The molecule has 0 radical (unpaired) electrons. The molecule has 1 atom stereocenters. The van der Waals surface area contributed by atoms with Gasteiger partial charge in [-0.3, -0.25) is 19.8 Å². The molecule has 2 aliphatic rings. The number of barbiturate groups is 1. The Labute approximate surface area is 130 Å². The second-order valence-corrected chi connectivity index (χ2v) is 7.26. The van der Waals surface area contributed by atoms with Crippen LogP contribution in [0, 0.1) is 5.41 Å². The number of rotatable bonds is 4. The summed E-state index contributed by atoms with van der Waals surface area (Å²) in [4.78, 5) is 38.6. The molecule has 0 aromatic heterocycles. The van der Waals surface area contributed by atoms with Crippen LogP contribution in [-0.4, -0.2) is 40.3 Å². The molecule has 118 valence electrons. The number of imide groups is 2. The predicted molar refractivity (Wildman–Crippen MR) is 83.0 cm³/mol. The fourth-order valence-electron chi connectivity index (χ4n) is 3.23. The minimum Gasteiger partial charge on any atom is -0.277 e. The van der Waals surface area contributed by atoms with Crippen LogP contribution in [-0.2, 0) is 9.59 Å². The van der Waals surface area contributed by atoms with Gasteiger partial charge in [-0.15, -0.1) is 0 Å². The Bertz CT molecular complexity index is 431. The van der Waals surface area contributed by atoms with Crippen LogP contribution in [0.5, 0.6) is 0 Å². The van der Waals surface area contributed by atoms with E-state index in [2.05, 4.69) is 5.32 Å². The molecule has 5 nitrogen and oxygen atoms in total. The van der Waals surface area contributed by atoms with Gasteiger partial charge in [-0.25, -0.2) is 4.79 Å². The van der Waals surface area contributed by atoms with E-state index in [4.69, 9.17) is 0 Å². The van der Waals surface area contributed by atoms with Gasteiger partial charge < -0.3 is 0 Å². The lowest BCUT2D eigenvalue weighted by Gasteiger charge is -2.41. The number of carbonyl (C=O) groups is 3. The van der Waals surface area contributed by atoms with Gasteiger partial charge in [0.1, 0.15) is 5.41 Å². The molecule has 1 unspecified atom stereocenters. The van der Waals surface area contributed by atoms with E-state index < -0.39 is 11.4 Å². The molecule has 1 saturated heterocycles. The number of hydrogen-bond donors (Lipinski definition) is 1. The van der Waals surface area contributed by atoms with Crippen LogP contribution in [0.2, 0.25) is 0 Å². The summed E-state index contributed by atoms with van der Waals surface area (Å²) in [6, 6.07) is -0.736. The SMILES string of the molecule is CCSCC(C)N1C(=O)NC(=O)C2(CCCCCC2)C1=O. The average molecular weight is 312 g/mol. The molecule has 2 fully saturated rings. The largest absolute Gasteiger partial charge is 0.331 e. The second-order valence-electron chi connectivity index (χ2n) is 5.94. The molecule has 1 aliphatic heterocycles. The lowest BCUT2D eigenvalue weighted by Crippen LogP contribution is -2.66. The summed E-state index contributed by atoms with van der Waals surface area (Å²) in [5.41, 5.74) is -1.00. The first-order valence-corrected chi connectivity index (χ1v) is 8.95. The Morgan fingerprint density at radius 3 is 2.38 bits per heavy atom. The lowest BCUT2D eigenvalue weighted by molar-refractivity contribution is -0.153. The number of nitrogens with zero attached hydrogens (tertiary/aromatic N) is 1. The van der Waals surface area contributed by atoms with Crippen molar-refractivity contribution >= 4 is 29.6 Å². The summed E-state index contributed by atoms with van der Waals surface area (Å²) in [7, 11) is 0. The Kier molecular flexibility index (Phi) is 5.30. The highest BCUT2D eigenvalue weighted by molar-refractivity contribution is 7.99. The molecule has 0 bridgehead atoms. The van der Waals surface area contributed by atoms with Crippen LogP contribution in [0.25, 0.3) is 0 Å². The predicted octanol–water partition coefficient (Wildman–Crippen LogP) is 2.55. The number of hydrogen-bond acceptors (Lipinski definition) is 4. The fraction of sp³-hybridized carbons (Fsp3) is 0.800. The zero-order valence-corrected chi connectivity index (χ0v) is 13.6. The van der Waals surface area contributed by atoms with Crippen LogP contribution >= 0.6 is 11.8 Å². The van der Waals surface area contributed by atoms with E-state index in [1.807, 2.05) is 13.8 Å². The number of thioether (sulfide) groups is 1. The van der Waals surface area contributed by atoms with Crippen molar-refractivity contribution < 1.29 is 14.4 Å². The Hall–Kier alpha value is -1.04. The minimum absolute atomic E-state index is 0.185. The van der Waals surface area contributed by atoms with Crippen molar-refractivity contribution in [1.82, 2.24) is 10.2 Å². The monoisotopic (exact) mass is 312 g/mol. The van der Waals surface area contributed by atoms with Crippen LogP contribution in [0.4, 0.5) is 4.79 Å². The second kappa shape index (κ2) is 6.81. The van der Waals surface area contributed by atoms with E-state index in [-0.39, 0.29) is 17.9 Å². The molecular formula is C15H24N2O3S. The van der Waals surface area contributed by atoms with Gasteiger partial charge in [-0.1, -0.05) is 32.6 Å². The Morgan fingerprint density at radius 1 is 1.19 bits per heavy atom. The van der Waals surface area contributed by atoms with Gasteiger partial charge in [-0.2, -0.15) is 11.8 Å². The first-order valence-electron chi connectivity index (χ1n) is 7.79. The topological polar surface area (TPSA) is 66.5 Å². The fourth-order valence-corrected chi connectivity index (χ4v) is 3.96. The van der Waals surface area contributed by atoms with E-state index >= 15 is 0 Å². The molecule has 21 heavy (non-hydrogen) atoms. The summed E-state index contributed by atoms with van der Waals surface area (Å²) in [5.74, 6) is 0.992. The maximum absolute atomic E-state index is 12.9. The molecule has 1 aliphatic carbocycles. The van der Waals surface area contributed by atoms with Gasteiger partial charge in [0.15, 0.2) is 0 Å². The number of carbonyl (C=O) groups excluding carboxylic acids is 3. The smallest absolute Gasteiger partial charge is 0.277 e. The standard InChI is InChI=1S/C15H24N2O3S/c1-3-21-10-11(2)17-13(19)15(12(18)16-14(17)20)8-6-4-5-7-9-15/h11H,3-10H2,1-2H3,(H,16,18,20). The average Bonchev–Trinajstić information content (AvgIpc) is 2.70. The van der Waals surface area contributed by atoms with Crippen LogP contribution in [0.15, 0.2) is 0 Å². The highest BCUT2D eigenvalue weighted by Crippen LogP contribution is 2.39. The lowest BCUT2D eigenvalue weighted by atomic mass is 9.76. The van der Waals surface area contributed by atoms with Crippen molar-refractivity contribution in [2.45, 2.75) is 58.4 Å². The van der Waals surface area contributed by atoms with E-state index in [9.17, 15) is 14.4 Å². The number of nitrogens with one attached hydrogen (secondary N) is 1. The summed E-state index contributed by atoms with van der Waals surface area (Å²) < 4.78 is 0. The molecule has 4 amide bonds. The van der Waals surface area contributed by atoms with Gasteiger partial charge in [0.05, 0.1) is 0 Å². The van der Waals surface area contributed by atoms with Crippen LogP contribution < -0.4 is 5.32 Å². The quantitative estimate of drug-likeness (QED) is 0.810. The molecule has 1 heterocycles. The van der Waals surface area contributed by atoms with Crippen LogP contribution in [0.3, 0.4) is 0 Å². The van der Waals surface area contributed by atoms with Gasteiger partial charge in [0.25, 0.3) is 0 Å². The minimum atomic E-state index is -1.00. The van der Waals surface area contributed by atoms with Gasteiger partial charge >= 0.3 is 6.03 Å². The van der Waals surface area contributed by atoms with E-state index in [0.29, 0.717) is 18.6 Å². The van der Waals surface area contributed by atoms with Crippen molar-refractivity contribution in [3.8, 4) is 0 Å². The van der Waals surface area contributed by atoms with Gasteiger partial charge in [-0.05, 0) is 25.5 Å².